The molecule has 4 aromatic rings. The van der Waals surface area contributed by atoms with E-state index in [1.807, 2.05) is 0 Å². The van der Waals surface area contributed by atoms with Crippen LogP contribution in [0.25, 0.3) is 17.4 Å². The van der Waals surface area contributed by atoms with Crippen molar-refractivity contribution in [3.63, 3.8) is 0 Å². The quantitative estimate of drug-likeness (QED) is 0.157. The van der Waals surface area contributed by atoms with Gasteiger partial charge >= 0.3 is 5.97 Å². The third-order valence-corrected chi connectivity index (χ3v) is 7.79. The van der Waals surface area contributed by atoms with Crippen LogP contribution in [0.3, 0.4) is 0 Å². The summed E-state index contributed by atoms with van der Waals surface area (Å²) in [4.78, 5) is 43.0. The van der Waals surface area contributed by atoms with Gasteiger partial charge in [0.05, 0.1) is 54.2 Å². The molecule has 0 N–H and O–H groups in total. The van der Waals surface area contributed by atoms with Crippen LogP contribution in [-0.2, 0) is 9.53 Å². The number of non-ortho nitro benzene ring substituents is 1. The van der Waals surface area contributed by atoms with Gasteiger partial charge in [-0.2, -0.15) is 0 Å². The number of rotatable bonds is 9. The Morgan fingerprint density at radius 3 is 2.51 bits per heavy atom. The number of furan rings is 1. The van der Waals surface area contributed by atoms with Gasteiger partial charge in [0.2, 0.25) is 0 Å². The van der Waals surface area contributed by atoms with E-state index in [4.69, 9.17) is 23.4 Å². The number of ether oxygens (including phenoxy) is 4. The second kappa shape index (κ2) is 12.0. The van der Waals surface area contributed by atoms with Gasteiger partial charge in [0, 0.05) is 23.8 Å². The van der Waals surface area contributed by atoms with Crippen molar-refractivity contribution in [1.29, 1.82) is 0 Å². The molecule has 12 nitrogen and oxygen atoms in total. The number of hydrogen-bond donors (Lipinski definition) is 0. The lowest BCUT2D eigenvalue weighted by Crippen LogP contribution is -2.40. The molecule has 0 saturated carbocycles. The fourth-order valence-electron chi connectivity index (χ4n) is 4.85. The Hall–Kier alpha value is -5.17. The van der Waals surface area contributed by atoms with Gasteiger partial charge in [-0.15, -0.1) is 0 Å². The van der Waals surface area contributed by atoms with Crippen molar-refractivity contribution in [2.24, 2.45) is 4.99 Å². The summed E-state index contributed by atoms with van der Waals surface area (Å²) in [5.41, 5.74) is 0.966. The molecule has 0 radical (unpaired) electrons. The highest BCUT2D eigenvalue weighted by molar-refractivity contribution is 7.07. The van der Waals surface area contributed by atoms with Crippen LogP contribution in [0.15, 0.2) is 74.0 Å². The zero-order valence-electron chi connectivity index (χ0n) is 23.9. The topological polar surface area (TPSA) is 145 Å². The molecule has 5 rings (SSSR count). The Morgan fingerprint density at radius 1 is 1.09 bits per heavy atom. The lowest BCUT2D eigenvalue weighted by Gasteiger charge is -2.26. The van der Waals surface area contributed by atoms with Gasteiger partial charge in [-0.25, -0.2) is 9.79 Å². The van der Waals surface area contributed by atoms with E-state index in [0.29, 0.717) is 50.4 Å². The highest BCUT2D eigenvalue weighted by atomic mass is 32.1. The van der Waals surface area contributed by atoms with Gasteiger partial charge in [0.15, 0.2) is 4.80 Å². The van der Waals surface area contributed by atoms with Gasteiger partial charge in [0.25, 0.3) is 11.2 Å². The standard InChI is InChI=1S/C30H27N3O9S/c1-6-41-29(35)26-16(2)31-30-32(27(26)21-14-18(38-3)8-11-23(21)40-5)28(34)25(43-30)15-19-9-12-24(42-19)20-13-17(33(36)37)7-10-22(20)39-4/h7-15,27H,6H2,1-5H3. The number of nitro benzene ring substituents is 1. The first-order valence-corrected chi connectivity index (χ1v) is 13.9. The third kappa shape index (κ3) is 5.42. The monoisotopic (exact) mass is 605 g/mol. The molecule has 1 unspecified atom stereocenters. The fourth-order valence-corrected chi connectivity index (χ4v) is 5.87. The molecule has 3 heterocycles. The van der Waals surface area contributed by atoms with E-state index in [1.54, 1.807) is 50.3 Å². The summed E-state index contributed by atoms with van der Waals surface area (Å²) >= 11 is 1.12. The van der Waals surface area contributed by atoms with E-state index in [2.05, 4.69) is 4.99 Å². The highest BCUT2D eigenvalue weighted by Gasteiger charge is 2.35. The van der Waals surface area contributed by atoms with Crippen molar-refractivity contribution in [3.05, 3.63) is 101 Å². The summed E-state index contributed by atoms with van der Waals surface area (Å²) in [6.45, 7) is 3.53. The molecule has 0 aliphatic carbocycles. The predicted molar refractivity (Wildman–Crippen MR) is 157 cm³/mol. The first-order valence-electron chi connectivity index (χ1n) is 13.0. The molecule has 43 heavy (non-hydrogen) atoms. The normalized spacial score (nSPS) is 14.6. The molecule has 13 heteroatoms. The molecule has 0 bridgehead atoms. The number of aromatic nitrogens is 1. The second-order valence-electron chi connectivity index (χ2n) is 9.25. The van der Waals surface area contributed by atoms with Crippen molar-refractivity contribution >= 4 is 29.1 Å². The summed E-state index contributed by atoms with van der Waals surface area (Å²) in [5, 5.41) is 11.3. The molecule has 1 aliphatic rings. The molecule has 0 saturated heterocycles. The number of nitrogens with zero attached hydrogens (tertiary/aromatic N) is 3. The fraction of sp³-hybridized carbons (Fsp3) is 0.233. The first-order chi connectivity index (χ1) is 20.7. The molecule has 1 atom stereocenters. The Bertz CT molecular complexity index is 1950. The Kier molecular flexibility index (Phi) is 8.17. The van der Waals surface area contributed by atoms with Crippen molar-refractivity contribution in [2.45, 2.75) is 19.9 Å². The molecule has 0 spiro atoms. The average Bonchev–Trinajstić information content (AvgIpc) is 3.59. The number of carbonyl (C=O) groups is 1. The van der Waals surface area contributed by atoms with Crippen LogP contribution >= 0.6 is 11.3 Å². The van der Waals surface area contributed by atoms with Gasteiger partial charge in [-0.05, 0) is 50.2 Å². The van der Waals surface area contributed by atoms with Crippen molar-refractivity contribution in [2.75, 3.05) is 27.9 Å². The number of methoxy groups -OCH3 is 3. The number of nitro groups is 1. The molecule has 1 aliphatic heterocycles. The minimum Gasteiger partial charge on any atom is -0.497 e. The summed E-state index contributed by atoms with van der Waals surface area (Å²) in [6, 6.07) is 11.7. The van der Waals surface area contributed by atoms with E-state index < -0.39 is 22.5 Å². The minimum absolute atomic E-state index is 0.122. The van der Waals surface area contributed by atoms with Crippen LogP contribution < -0.4 is 29.1 Å². The van der Waals surface area contributed by atoms with Crippen LogP contribution in [0.2, 0.25) is 0 Å². The number of carbonyl (C=O) groups excluding carboxylic acids is 1. The van der Waals surface area contributed by atoms with E-state index in [9.17, 15) is 19.7 Å². The highest BCUT2D eigenvalue weighted by Crippen LogP contribution is 2.38. The van der Waals surface area contributed by atoms with Gasteiger partial charge in [0.1, 0.15) is 34.8 Å². The second-order valence-corrected chi connectivity index (χ2v) is 10.3. The Balaban J connectivity index is 1.67. The number of fused-ring (bicyclic) bond motifs is 1. The van der Waals surface area contributed by atoms with Gasteiger partial charge in [-0.3, -0.25) is 19.5 Å². The minimum atomic E-state index is -0.913. The Morgan fingerprint density at radius 2 is 1.84 bits per heavy atom. The van der Waals surface area contributed by atoms with E-state index in [1.165, 1.54) is 44.1 Å². The number of thiazole rings is 1. The van der Waals surface area contributed by atoms with E-state index >= 15 is 0 Å². The van der Waals surface area contributed by atoms with Gasteiger partial charge < -0.3 is 23.4 Å². The average molecular weight is 606 g/mol. The first kappa shape index (κ1) is 29.3. The van der Waals surface area contributed by atoms with Crippen molar-refractivity contribution < 1.29 is 33.1 Å². The van der Waals surface area contributed by atoms with Crippen molar-refractivity contribution in [1.82, 2.24) is 4.57 Å². The SMILES string of the molecule is CCOC(=O)C1=C(C)N=c2sc(=Cc3ccc(-c4cc([N+](=O)[O-])ccc4OC)o3)c(=O)n2C1c1cc(OC)ccc1OC. The van der Waals surface area contributed by atoms with E-state index in [0.717, 1.165) is 11.3 Å². The molecule has 222 valence electrons. The summed E-state index contributed by atoms with van der Waals surface area (Å²) in [7, 11) is 4.47. The largest absolute Gasteiger partial charge is 0.497 e. The lowest BCUT2D eigenvalue weighted by molar-refractivity contribution is -0.384. The number of allylic oxidation sites excluding steroid dienone is 1. The predicted octanol–water partition coefficient (Wildman–Crippen LogP) is 3.99. The van der Waals surface area contributed by atoms with Crippen LogP contribution in [0.4, 0.5) is 5.69 Å². The van der Waals surface area contributed by atoms with E-state index in [-0.39, 0.29) is 22.4 Å². The summed E-state index contributed by atoms with van der Waals surface area (Å²) in [5.74, 6) is 1.38. The summed E-state index contributed by atoms with van der Waals surface area (Å²) < 4.78 is 29.5. The zero-order valence-corrected chi connectivity index (χ0v) is 24.7. The molecule has 2 aromatic heterocycles. The van der Waals surface area contributed by atoms with Gasteiger partial charge in [-0.1, -0.05) is 11.3 Å². The summed E-state index contributed by atoms with van der Waals surface area (Å²) in [6.07, 6.45) is 1.56. The molecule has 0 fully saturated rings. The maximum atomic E-state index is 14.0. The smallest absolute Gasteiger partial charge is 0.338 e. The van der Waals surface area contributed by atoms with Crippen molar-refractivity contribution in [3.8, 4) is 28.6 Å². The zero-order chi connectivity index (χ0) is 30.8. The number of esters is 1. The molecular weight excluding hydrogens is 578 g/mol. The number of benzene rings is 2. The van der Waals surface area contributed by atoms with Crippen LogP contribution in [0.5, 0.6) is 17.2 Å². The maximum Gasteiger partial charge on any atom is 0.338 e. The molecule has 0 amide bonds. The van der Waals surface area contributed by atoms with Crippen LogP contribution in [0.1, 0.15) is 31.2 Å². The maximum absolute atomic E-state index is 14.0. The Labute approximate surface area is 248 Å². The van der Waals surface area contributed by atoms with Crippen LogP contribution in [-0.4, -0.2) is 43.4 Å². The number of hydrogen-bond acceptors (Lipinski definition) is 11. The van der Waals surface area contributed by atoms with Crippen LogP contribution in [0, 0.1) is 10.1 Å². The lowest BCUT2D eigenvalue weighted by atomic mass is 9.95. The third-order valence-electron chi connectivity index (χ3n) is 6.81. The molecule has 2 aromatic carbocycles. The molecular formula is C30H27N3O9S.